The summed E-state index contributed by atoms with van der Waals surface area (Å²) in [6, 6.07) is 64.5. The van der Waals surface area contributed by atoms with Crippen molar-refractivity contribution >= 4 is 88.3 Å². The molecule has 16 nitrogen and oxygen atoms in total. The zero-order chi connectivity index (χ0) is 52.4. The first-order chi connectivity index (χ1) is 39.6. The van der Waals surface area contributed by atoms with Gasteiger partial charge >= 0.3 is 0 Å². The van der Waals surface area contributed by atoms with Gasteiger partial charge in [-0.3, -0.25) is 0 Å². The molecule has 0 fully saturated rings. The minimum atomic E-state index is 0. The van der Waals surface area contributed by atoms with E-state index in [1.165, 1.54) is 0 Å². The van der Waals surface area contributed by atoms with E-state index in [0.29, 0.717) is 91.8 Å². The van der Waals surface area contributed by atoms with Crippen molar-refractivity contribution in [1.82, 2.24) is 79.7 Å². The first-order valence-corrected chi connectivity index (χ1v) is 26.0. The fourth-order valence-corrected chi connectivity index (χ4v) is 11.2. The van der Waals surface area contributed by atoms with Gasteiger partial charge < -0.3 is 19.9 Å². The van der Waals surface area contributed by atoms with E-state index >= 15 is 0 Å². The van der Waals surface area contributed by atoms with Crippen molar-refractivity contribution in [3.63, 3.8) is 0 Å². The minimum absolute atomic E-state index is 0. The van der Waals surface area contributed by atoms with Crippen LogP contribution in [0.3, 0.4) is 0 Å². The van der Waals surface area contributed by atoms with Gasteiger partial charge in [-0.2, -0.15) is 0 Å². The molecule has 14 aromatic rings. The predicted molar refractivity (Wildman–Crippen MR) is 312 cm³/mol. The van der Waals surface area contributed by atoms with E-state index in [0.717, 1.165) is 87.6 Å². The summed E-state index contributed by atoms with van der Waals surface area (Å²) < 4.78 is 0. The molecule has 0 amide bonds. The maximum Gasteiger partial charge on any atom is 0.164 e. The van der Waals surface area contributed by atoms with E-state index in [1.807, 2.05) is 194 Å². The molecule has 375 valence electrons. The van der Waals surface area contributed by atoms with Crippen molar-refractivity contribution < 1.29 is 32.7 Å². The second kappa shape index (κ2) is 18.3. The number of aromatic nitrogens is 16. The molecular formula is C64H36N16Y. The van der Waals surface area contributed by atoms with Gasteiger partial charge in [0.25, 0.3) is 0 Å². The van der Waals surface area contributed by atoms with Crippen LogP contribution in [0.25, 0.3) is 179 Å². The Bertz CT molecular complexity index is 4390. The smallest absolute Gasteiger partial charge is 0.164 e. The molecule has 81 heavy (non-hydrogen) atoms. The monoisotopic (exact) mass is 1120 g/mol. The summed E-state index contributed by atoms with van der Waals surface area (Å²) in [5.74, 6) is 4.78. The first kappa shape index (κ1) is 46.7. The van der Waals surface area contributed by atoms with Crippen LogP contribution in [0.5, 0.6) is 0 Å². The summed E-state index contributed by atoms with van der Waals surface area (Å²) in [4.78, 5) is 73.5. The van der Waals surface area contributed by atoms with E-state index in [2.05, 4.69) is 19.9 Å². The zero-order valence-electron chi connectivity index (χ0n) is 42.4. The SMILES string of the molecule is [Y].c1ccc2c(c1)-c1nc-2nc2[nH]c(nc3nc(nc4[nH]c(n1)c1ccccc41)-c1ccccc1-3)c1ccccc21.c1ccc2c(c1)-c1nc-2nc2[nH]c(nc3nc(nc4[nH]c(n1)c1ccccc41)-c1ccccc1-3)c1ccccc21. The molecule has 1 radical (unpaired) electrons. The summed E-state index contributed by atoms with van der Waals surface area (Å²) in [7, 11) is 0. The van der Waals surface area contributed by atoms with Crippen LogP contribution in [-0.2, 0) is 32.7 Å². The molecule has 4 aliphatic heterocycles. The van der Waals surface area contributed by atoms with E-state index in [9.17, 15) is 0 Å². The van der Waals surface area contributed by atoms with Crippen molar-refractivity contribution in [2.45, 2.75) is 0 Å². The summed E-state index contributed by atoms with van der Waals surface area (Å²) in [5.41, 5.74) is 12.9. The minimum Gasteiger partial charge on any atom is -0.324 e. The van der Waals surface area contributed by atoms with E-state index < -0.39 is 0 Å². The number of rotatable bonds is 0. The molecule has 17 heteroatoms. The van der Waals surface area contributed by atoms with E-state index in [-0.39, 0.29) is 32.7 Å². The van der Waals surface area contributed by atoms with Gasteiger partial charge in [0.05, 0.1) is 0 Å². The molecule has 0 saturated heterocycles. The van der Waals surface area contributed by atoms with Crippen molar-refractivity contribution in [2.75, 3.05) is 0 Å². The molecule has 0 unspecified atom stereocenters. The standard InChI is InChI=1S/2C32H18N8.Y/c2*1-2-10-18-17(9-1)25-33-26(18)38-28-21-13-5-6-14-22(21)30(35-28)40-32-24-16-8-7-15-23(24)31(36-32)39-29-20-12-4-3-11-19(20)27(34-29)37-25;/h2*1-16H,(H2,33,34,35,36,37,38,39,40);. The molecule has 4 N–H and O–H groups in total. The van der Waals surface area contributed by atoms with Crippen LogP contribution in [0, 0.1) is 0 Å². The maximum atomic E-state index is 5.02. The van der Waals surface area contributed by atoms with Gasteiger partial charge in [-0.1, -0.05) is 194 Å². The van der Waals surface area contributed by atoms with Crippen LogP contribution in [-0.4, -0.2) is 79.7 Å². The Morgan fingerprint density at radius 2 is 0.284 bits per heavy atom. The molecule has 18 rings (SSSR count). The molecule has 8 aromatic carbocycles. The third kappa shape index (κ3) is 7.52. The number of benzene rings is 8. The molecule has 0 atom stereocenters. The van der Waals surface area contributed by atoms with Gasteiger partial charge in [-0.15, -0.1) is 0 Å². The number of nitrogens with one attached hydrogen (secondary N) is 4. The Morgan fingerprint density at radius 3 is 0.420 bits per heavy atom. The van der Waals surface area contributed by atoms with Gasteiger partial charge in [0.2, 0.25) is 0 Å². The zero-order valence-corrected chi connectivity index (χ0v) is 45.3. The van der Waals surface area contributed by atoms with Gasteiger partial charge in [-0.05, 0) is 0 Å². The summed E-state index contributed by atoms with van der Waals surface area (Å²) in [6.45, 7) is 0. The van der Waals surface area contributed by atoms with Crippen molar-refractivity contribution in [1.29, 1.82) is 0 Å². The van der Waals surface area contributed by atoms with Crippen LogP contribution < -0.4 is 0 Å². The topological polar surface area (TPSA) is 218 Å². The molecule has 0 aliphatic carbocycles. The van der Waals surface area contributed by atoms with Gasteiger partial charge in [-0.25, -0.2) is 59.8 Å². The molecule has 10 heterocycles. The Hall–Kier alpha value is -10.4. The third-order valence-corrected chi connectivity index (χ3v) is 14.9. The number of fused-ring (bicyclic) bond motifs is 40. The number of H-pyrrole nitrogens is 4. The van der Waals surface area contributed by atoms with Gasteiger partial charge in [0.1, 0.15) is 45.2 Å². The van der Waals surface area contributed by atoms with E-state index in [1.54, 1.807) is 0 Å². The quantitative estimate of drug-likeness (QED) is 0.111. The number of hydrogen-bond acceptors (Lipinski definition) is 12. The Labute approximate surface area is 482 Å². The number of aromatic amines is 4. The van der Waals surface area contributed by atoms with Crippen LogP contribution in [0.1, 0.15) is 0 Å². The molecular weight excluding hydrogens is 1080 g/mol. The average molecular weight is 1120 g/mol. The number of hydrogen-bond donors (Lipinski definition) is 4. The van der Waals surface area contributed by atoms with Crippen molar-refractivity contribution in [2.24, 2.45) is 0 Å². The molecule has 0 saturated carbocycles. The fourth-order valence-electron chi connectivity index (χ4n) is 11.2. The van der Waals surface area contributed by atoms with Crippen LogP contribution in [0.4, 0.5) is 0 Å². The van der Waals surface area contributed by atoms with Crippen LogP contribution >= 0.6 is 0 Å². The predicted octanol–water partition coefficient (Wildman–Crippen LogP) is 13.7. The summed E-state index contributed by atoms with van der Waals surface area (Å²) >= 11 is 0. The van der Waals surface area contributed by atoms with Crippen molar-refractivity contribution in [3.05, 3.63) is 194 Å². The van der Waals surface area contributed by atoms with Crippen LogP contribution in [0.15, 0.2) is 194 Å². The van der Waals surface area contributed by atoms with Gasteiger partial charge in [0.15, 0.2) is 46.6 Å². The summed E-state index contributed by atoms with van der Waals surface area (Å²) in [6.07, 6.45) is 0. The normalized spacial score (nSPS) is 11.9. The largest absolute Gasteiger partial charge is 0.324 e. The maximum absolute atomic E-state index is 5.02. The molecule has 6 aromatic heterocycles. The number of nitrogens with zero attached hydrogens (tertiary/aromatic N) is 12. The second-order valence-electron chi connectivity index (χ2n) is 19.6. The fraction of sp³-hybridized carbons (Fsp3) is 0. The summed E-state index contributed by atoms with van der Waals surface area (Å²) in [5, 5.41) is 7.64. The Kier molecular flexibility index (Phi) is 10.6. The first-order valence-electron chi connectivity index (χ1n) is 26.0. The Morgan fingerprint density at radius 1 is 0.160 bits per heavy atom. The van der Waals surface area contributed by atoms with Crippen LogP contribution in [0.2, 0.25) is 0 Å². The molecule has 4 aliphatic rings. The Balaban J connectivity index is 0.000000132. The average Bonchev–Trinajstić information content (AvgIpc) is 4.53. The third-order valence-electron chi connectivity index (χ3n) is 14.9. The molecule has 16 bridgehead atoms. The van der Waals surface area contributed by atoms with Gasteiger partial charge in [0, 0.05) is 120 Å². The van der Waals surface area contributed by atoms with E-state index in [4.69, 9.17) is 59.8 Å². The molecule has 0 spiro atoms. The van der Waals surface area contributed by atoms with Crippen molar-refractivity contribution in [3.8, 4) is 91.1 Å². The second-order valence-corrected chi connectivity index (χ2v) is 19.6.